The molecule has 0 fully saturated rings. The molecule has 0 spiro atoms. The van der Waals surface area contributed by atoms with Gasteiger partial charge in [0.1, 0.15) is 13.2 Å². The van der Waals surface area contributed by atoms with Crippen LogP contribution < -0.4 is 14.8 Å². The predicted octanol–water partition coefficient (Wildman–Crippen LogP) is 5.40. The number of carbonyl (C=O) groups excluding carboxylic acids is 1. The van der Waals surface area contributed by atoms with E-state index in [1.807, 2.05) is 66.1 Å². The molecule has 0 radical (unpaired) electrons. The largest absolute Gasteiger partial charge is 0.486 e. The summed E-state index contributed by atoms with van der Waals surface area (Å²) in [6.45, 7) is 2.96. The van der Waals surface area contributed by atoms with Crippen LogP contribution in [0.15, 0.2) is 71.9 Å². The second-order valence-electron chi connectivity index (χ2n) is 7.66. The van der Waals surface area contributed by atoms with Crippen molar-refractivity contribution in [3.63, 3.8) is 0 Å². The van der Waals surface area contributed by atoms with Crippen LogP contribution in [0.5, 0.6) is 11.5 Å². The lowest BCUT2D eigenvalue weighted by molar-refractivity contribution is -0.113. The zero-order valence-corrected chi connectivity index (χ0v) is 19.9. The van der Waals surface area contributed by atoms with Crippen LogP contribution in [0.2, 0.25) is 5.02 Å². The Morgan fingerprint density at radius 2 is 1.74 bits per heavy atom. The van der Waals surface area contributed by atoms with Gasteiger partial charge in [0.25, 0.3) is 0 Å². The maximum absolute atomic E-state index is 12.8. The number of aryl methyl sites for hydroxylation is 1. The number of anilines is 1. The molecular formula is C25H21ClN4O3S. The number of carbonyl (C=O) groups is 1. The lowest BCUT2D eigenvalue weighted by Gasteiger charge is -2.20. The van der Waals surface area contributed by atoms with E-state index in [9.17, 15) is 4.79 Å². The van der Waals surface area contributed by atoms with Gasteiger partial charge in [0.05, 0.1) is 16.5 Å². The Kier molecular flexibility index (Phi) is 6.42. The minimum atomic E-state index is -0.219. The fourth-order valence-corrected chi connectivity index (χ4v) is 4.49. The maximum Gasteiger partial charge on any atom is 0.234 e. The standard InChI is InChI=1S/C25H21ClN4O3S/c1-16-7-9-18(10-8-16)30-24(17-5-3-2-4-6-17)28-29-25(30)34-15-23(31)27-20-14-22-21(13-19(20)26)32-11-12-33-22/h2-10,13-14H,11-12,15H2,1H3,(H,27,31). The highest BCUT2D eigenvalue weighted by molar-refractivity contribution is 7.99. The van der Waals surface area contributed by atoms with Crippen LogP contribution in [0.3, 0.4) is 0 Å². The number of nitrogens with one attached hydrogen (secondary N) is 1. The second kappa shape index (κ2) is 9.79. The van der Waals surface area contributed by atoms with Crippen LogP contribution in [0.1, 0.15) is 5.56 Å². The summed E-state index contributed by atoms with van der Waals surface area (Å²) in [6, 6.07) is 21.3. The molecule has 4 aromatic rings. The summed E-state index contributed by atoms with van der Waals surface area (Å²) in [4.78, 5) is 12.8. The molecule has 5 rings (SSSR count). The number of hydrogen-bond acceptors (Lipinski definition) is 6. The third kappa shape index (κ3) is 4.73. The summed E-state index contributed by atoms with van der Waals surface area (Å²) >= 11 is 7.63. The van der Waals surface area contributed by atoms with E-state index in [2.05, 4.69) is 15.5 Å². The number of halogens is 1. The molecule has 7 nitrogen and oxygen atoms in total. The van der Waals surface area contributed by atoms with Gasteiger partial charge in [0.2, 0.25) is 5.91 Å². The van der Waals surface area contributed by atoms with Gasteiger partial charge in [-0.15, -0.1) is 10.2 Å². The first-order valence-electron chi connectivity index (χ1n) is 10.7. The first-order valence-corrected chi connectivity index (χ1v) is 12.0. The van der Waals surface area contributed by atoms with Crippen molar-refractivity contribution in [3.8, 4) is 28.6 Å². The summed E-state index contributed by atoms with van der Waals surface area (Å²) < 4.78 is 13.1. The van der Waals surface area contributed by atoms with Crippen molar-refractivity contribution in [1.29, 1.82) is 0 Å². The van der Waals surface area contributed by atoms with Crippen molar-refractivity contribution < 1.29 is 14.3 Å². The lowest BCUT2D eigenvalue weighted by atomic mass is 10.2. The number of benzene rings is 3. The van der Waals surface area contributed by atoms with E-state index in [0.717, 1.165) is 16.8 Å². The topological polar surface area (TPSA) is 78.3 Å². The molecule has 1 aliphatic rings. The molecular weight excluding hydrogens is 472 g/mol. The smallest absolute Gasteiger partial charge is 0.234 e. The average Bonchev–Trinajstić information content (AvgIpc) is 3.28. The van der Waals surface area contributed by atoms with E-state index >= 15 is 0 Å². The molecule has 2 heterocycles. The number of ether oxygens (including phenoxy) is 2. The third-order valence-electron chi connectivity index (χ3n) is 5.20. The van der Waals surface area contributed by atoms with E-state index in [4.69, 9.17) is 21.1 Å². The number of nitrogens with zero attached hydrogens (tertiary/aromatic N) is 3. The van der Waals surface area contributed by atoms with Gasteiger partial charge in [0.15, 0.2) is 22.5 Å². The Balaban J connectivity index is 1.37. The van der Waals surface area contributed by atoms with Crippen LogP contribution in [0.25, 0.3) is 17.1 Å². The first kappa shape index (κ1) is 22.3. The number of fused-ring (bicyclic) bond motifs is 1. The van der Waals surface area contributed by atoms with Crippen molar-refractivity contribution >= 4 is 35.0 Å². The van der Waals surface area contributed by atoms with Gasteiger partial charge in [-0.3, -0.25) is 9.36 Å². The van der Waals surface area contributed by atoms with E-state index < -0.39 is 0 Å². The van der Waals surface area contributed by atoms with Gasteiger partial charge in [-0.05, 0) is 19.1 Å². The number of aromatic nitrogens is 3. The summed E-state index contributed by atoms with van der Waals surface area (Å²) in [6.07, 6.45) is 0. The van der Waals surface area contributed by atoms with Gasteiger partial charge in [-0.25, -0.2) is 0 Å². The molecule has 3 aromatic carbocycles. The highest BCUT2D eigenvalue weighted by atomic mass is 35.5. The van der Waals surface area contributed by atoms with Crippen molar-refractivity contribution in [2.45, 2.75) is 12.1 Å². The molecule has 9 heteroatoms. The van der Waals surface area contributed by atoms with Crippen molar-refractivity contribution in [3.05, 3.63) is 77.3 Å². The first-order chi connectivity index (χ1) is 16.6. The van der Waals surface area contributed by atoms with Gasteiger partial charge in [-0.1, -0.05) is 71.4 Å². The highest BCUT2D eigenvalue weighted by Crippen LogP contribution is 2.38. The predicted molar refractivity (Wildman–Crippen MR) is 133 cm³/mol. The lowest BCUT2D eigenvalue weighted by Crippen LogP contribution is -2.17. The average molecular weight is 493 g/mol. The number of thioether (sulfide) groups is 1. The van der Waals surface area contributed by atoms with Crippen LogP contribution in [0, 0.1) is 6.92 Å². The summed E-state index contributed by atoms with van der Waals surface area (Å²) in [7, 11) is 0. The molecule has 0 atom stereocenters. The van der Waals surface area contributed by atoms with Crippen molar-refractivity contribution in [2.24, 2.45) is 0 Å². The Labute approximate surface area is 206 Å². The SMILES string of the molecule is Cc1ccc(-n2c(SCC(=O)Nc3cc4c(cc3Cl)OCCO4)nnc2-c2ccccc2)cc1. The zero-order chi connectivity index (χ0) is 23.5. The van der Waals surface area contributed by atoms with Crippen LogP contribution in [-0.4, -0.2) is 39.6 Å². The van der Waals surface area contributed by atoms with Crippen molar-refractivity contribution in [1.82, 2.24) is 14.8 Å². The highest BCUT2D eigenvalue weighted by Gasteiger charge is 2.19. The molecule has 172 valence electrons. The number of rotatable bonds is 6. The van der Waals surface area contributed by atoms with E-state index in [1.54, 1.807) is 12.1 Å². The maximum atomic E-state index is 12.8. The molecule has 1 aliphatic heterocycles. The summed E-state index contributed by atoms with van der Waals surface area (Å²) in [5.41, 5.74) is 3.49. The molecule has 0 saturated heterocycles. The molecule has 0 bridgehead atoms. The van der Waals surface area contributed by atoms with Crippen LogP contribution in [0.4, 0.5) is 5.69 Å². The molecule has 1 aromatic heterocycles. The molecule has 0 unspecified atom stereocenters. The Bertz CT molecular complexity index is 1330. The molecule has 0 saturated carbocycles. The number of hydrogen-bond donors (Lipinski definition) is 1. The molecule has 1 amide bonds. The second-order valence-corrected chi connectivity index (χ2v) is 9.01. The third-order valence-corrected chi connectivity index (χ3v) is 6.44. The quantitative estimate of drug-likeness (QED) is 0.363. The minimum Gasteiger partial charge on any atom is -0.486 e. The summed E-state index contributed by atoms with van der Waals surface area (Å²) in [5.74, 6) is 1.75. The number of amides is 1. The van der Waals surface area contributed by atoms with Gasteiger partial charge in [-0.2, -0.15) is 0 Å². The zero-order valence-electron chi connectivity index (χ0n) is 18.3. The van der Waals surface area contributed by atoms with Gasteiger partial charge >= 0.3 is 0 Å². The van der Waals surface area contributed by atoms with Gasteiger partial charge < -0.3 is 14.8 Å². The van der Waals surface area contributed by atoms with E-state index in [-0.39, 0.29) is 11.7 Å². The van der Waals surface area contributed by atoms with Crippen LogP contribution in [-0.2, 0) is 4.79 Å². The molecule has 34 heavy (non-hydrogen) atoms. The van der Waals surface area contributed by atoms with E-state index in [1.165, 1.54) is 11.8 Å². The Morgan fingerprint density at radius 1 is 1.03 bits per heavy atom. The Hall–Kier alpha value is -3.49. The van der Waals surface area contributed by atoms with Gasteiger partial charge in [0, 0.05) is 23.4 Å². The normalized spacial score (nSPS) is 12.4. The fraction of sp³-hybridized carbons (Fsp3) is 0.160. The van der Waals surface area contributed by atoms with E-state index in [0.29, 0.717) is 46.4 Å². The van der Waals surface area contributed by atoms with Crippen molar-refractivity contribution in [2.75, 3.05) is 24.3 Å². The Morgan fingerprint density at radius 3 is 2.47 bits per heavy atom. The summed E-state index contributed by atoms with van der Waals surface area (Å²) in [5, 5.41) is 12.7. The monoisotopic (exact) mass is 492 g/mol. The van der Waals surface area contributed by atoms with Crippen LogP contribution >= 0.6 is 23.4 Å². The molecule has 1 N–H and O–H groups in total. The fourth-order valence-electron chi connectivity index (χ4n) is 3.54. The molecule has 0 aliphatic carbocycles. The minimum absolute atomic E-state index is 0.129.